The first kappa shape index (κ1) is 24.1. The fourth-order valence-corrected chi connectivity index (χ4v) is 5.56. The van der Waals surface area contributed by atoms with E-state index in [1.807, 2.05) is 0 Å². The number of aryl methyl sites for hydroxylation is 3. The molecule has 4 aromatic rings. The van der Waals surface area contributed by atoms with Crippen molar-refractivity contribution >= 4 is 22.9 Å². The maximum Gasteiger partial charge on any atom is 0.267 e. The Balaban J connectivity index is 1.40. The van der Waals surface area contributed by atoms with E-state index in [9.17, 15) is 4.79 Å². The fourth-order valence-electron chi connectivity index (χ4n) is 5.56. The van der Waals surface area contributed by atoms with Crippen LogP contribution in [-0.4, -0.2) is 32.1 Å². The average Bonchev–Trinajstić information content (AvgIpc) is 3.62. The number of aromatic nitrogens is 2. The highest BCUT2D eigenvalue weighted by Gasteiger charge is 2.28. The number of nitrogens with one attached hydrogen (secondary N) is 2. The van der Waals surface area contributed by atoms with E-state index in [1.54, 1.807) is 11.6 Å². The summed E-state index contributed by atoms with van der Waals surface area (Å²) >= 11 is 0. The second kappa shape index (κ2) is 10.6. The number of hydrogen-bond acceptors (Lipinski definition) is 3. The van der Waals surface area contributed by atoms with Gasteiger partial charge in [0.25, 0.3) is 5.91 Å². The van der Waals surface area contributed by atoms with Crippen molar-refractivity contribution in [3.8, 4) is 0 Å². The highest BCUT2D eigenvalue weighted by atomic mass is 16.5. The summed E-state index contributed by atoms with van der Waals surface area (Å²) in [4.78, 5) is 17.4. The Morgan fingerprint density at radius 1 is 1.25 bits per heavy atom. The van der Waals surface area contributed by atoms with Crippen LogP contribution in [0, 0.1) is 0 Å². The number of aromatic amines is 1. The summed E-state index contributed by atoms with van der Waals surface area (Å²) in [7, 11) is 2.12. The van der Waals surface area contributed by atoms with Gasteiger partial charge in [-0.2, -0.15) is 0 Å². The SMILES string of the molecule is CCc1cc(CN(CCc2cn(C)c3ccccc23)C2CCc3cc(/C=C/C(=O)NO)ccc32)c[nH]1. The van der Waals surface area contributed by atoms with Crippen molar-refractivity contribution in [2.24, 2.45) is 7.05 Å². The molecule has 0 aliphatic heterocycles. The Labute approximate surface area is 212 Å². The van der Waals surface area contributed by atoms with Crippen LogP contribution in [-0.2, 0) is 37.6 Å². The number of benzene rings is 2. The molecule has 5 rings (SSSR count). The zero-order valence-electron chi connectivity index (χ0n) is 21.0. The largest absolute Gasteiger partial charge is 0.365 e. The van der Waals surface area contributed by atoms with Gasteiger partial charge in [-0.05, 0) is 71.7 Å². The molecule has 0 fully saturated rings. The van der Waals surface area contributed by atoms with E-state index in [4.69, 9.17) is 5.21 Å². The van der Waals surface area contributed by atoms with E-state index in [1.165, 1.54) is 44.9 Å². The Kier molecular flexibility index (Phi) is 7.07. The summed E-state index contributed by atoms with van der Waals surface area (Å²) in [5, 5.41) is 10.1. The van der Waals surface area contributed by atoms with Gasteiger partial charge in [0.05, 0.1) is 0 Å². The lowest BCUT2D eigenvalue weighted by molar-refractivity contribution is -0.124. The van der Waals surface area contributed by atoms with Crippen LogP contribution >= 0.6 is 0 Å². The van der Waals surface area contributed by atoms with Gasteiger partial charge < -0.3 is 9.55 Å². The number of amides is 1. The minimum Gasteiger partial charge on any atom is -0.365 e. The van der Waals surface area contributed by atoms with Crippen molar-refractivity contribution in [1.29, 1.82) is 0 Å². The molecule has 0 saturated carbocycles. The third-order valence-corrected chi connectivity index (χ3v) is 7.41. The van der Waals surface area contributed by atoms with Gasteiger partial charge in [0, 0.05) is 61.2 Å². The lowest BCUT2D eigenvalue weighted by Crippen LogP contribution is -2.29. The molecule has 1 aliphatic rings. The number of H-pyrrole nitrogens is 1. The summed E-state index contributed by atoms with van der Waals surface area (Å²) in [6, 6.07) is 17.7. The number of carbonyl (C=O) groups is 1. The van der Waals surface area contributed by atoms with Gasteiger partial charge in [-0.25, -0.2) is 5.48 Å². The molecule has 36 heavy (non-hydrogen) atoms. The second-order valence-electron chi connectivity index (χ2n) is 9.71. The molecule has 0 bridgehead atoms. The molecule has 1 atom stereocenters. The molecular weight excluding hydrogens is 448 g/mol. The number of hydroxylamine groups is 1. The molecule has 0 radical (unpaired) electrons. The smallest absolute Gasteiger partial charge is 0.267 e. The third-order valence-electron chi connectivity index (χ3n) is 7.41. The highest BCUT2D eigenvalue weighted by molar-refractivity contribution is 5.90. The molecule has 3 N–H and O–H groups in total. The summed E-state index contributed by atoms with van der Waals surface area (Å²) in [6.07, 6.45) is 11.6. The third kappa shape index (κ3) is 5.01. The van der Waals surface area contributed by atoms with E-state index in [2.05, 4.69) is 89.3 Å². The zero-order chi connectivity index (χ0) is 25.1. The molecule has 1 unspecified atom stereocenters. The van der Waals surface area contributed by atoms with Crippen molar-refractivity contribution in [1.82, 2.24) is 19.9 Å². The molecule has 186 valence electrons. The molecule has 0 saturated heterocycles. The van der Waals surface area contributed by atoms with E-state index in [-0.39, 0.29) is 0 Å². The predicted octanol–water partition coefficient (Wildman–Crippen LogP) is 5.32. The van der Waals surface area contributed by atoms with Gasteiger partial charge in [-0.15, -0.1) is 0 Å². The van der Waals surface area contributed by atoms with Crippen LogP contribution in [0.15, 0.2) is 67.0 Å². The van der Waals surface area contributed by atoms with E-state index < -0.39 is 5.91 Å². The first-order valence-electron chi connectivity index (χ1n) is 12.7. The van der Waals surface area contributed by atoms with Crippen LogP contribution in [0.5, 0.6) is 0 Å². The number of rotatable bonds is 9. The van der Waals surface area contributed by atoms with E-state index in [0.29, 0.717) is 6.04 Å². The van der Waals surface area contributed by atoms with Gasteiger partial charge in [0.15, 0.2) is 0 Å². The summed E-state index contributed by atoms with van der Waals surface area (Å²) in [5.41, 5.74) is 10.6. The quantitative estimate of drug-likeness (QED) is 0.172. The van der Waals surface area contributed by atoms with E-state index >= 15 is 0 Å². The molecule has 2 heterocycles. The normalized spacial score (nSPS) is 15.3. The topological polar surface area (TPSA) is 73.3 Å². The van der Waals surface area contributed by atoms with Gasteiger partial charge >= 0.3 is 0 Å². The lowest BCUT2D eigenvalue weighted by atomic mass is 10.0. The Morgan fingerprint density at radius 2 is 2.11 bits per heavy atom. The zero-order valence-corrected chi connectivity index (χ0v) is 21.0. The van der Waals surface area contributed by atoms with Crippen LogP contribution in [0.1, 0.15) is 52.9 Å². The maximum absolute atomic E-state index is 11.4. The number of fused-ring (bicyclic) bond motifs is 2. The minimum atomic E-state index is -0.522. The maximum atomic E-state index is 11.4. The van der Waals surface area contributed by atoms with Gasteiger partial charge in [-0.1, -0.05) is 43.3 Å². The molecule has 1 aliphatic carbocycles. The summed E-state index contributed by atoms with van der Waals surface area (Å²) in [6.45, 7) is 4.06. The van der Waals surface area contributed by atoms with Crippen molar-refractivity contribution < 1.29 is 10.0 Å². The number of para-hydroxylation sites is 1. The van der Waals surface area contributed by atoms with Crippen LogP contribution in [0.3, 0.4) is 0 Å². The lowest BCUT2D eigenvalue weighted by Gasteiger charge is -2.29. The van der Waals surface area contributed by atoms with Gasteiger partial charge in [-0.3, -0.25) is 14.9 Å². The Hall–Kier alpha value is -3.61. The van der Waals surface area contributed by atoms with E-state index in [0.717, 1.165) is 44.3 Å². The van der Waals surface area contributed by atoms with Crippen LogP contribution < -0.4 is 5.48 Å². The molecular formula is C30H34N4O2. The number of nitrogens with zero attached hydrogens (tertiary/aromatic N) is 2. The minimum absolute atomic E-state index is 0.355. The Morgan fingerprint density at radius 3 is 2.92 bits per heavy atom. The van der Waals surface area contributed by atoms with Crippen LogP contribution in [0.2, 0.25) is 0 Å². The van der Waals surface area contributed by atoms with Gasteiger partial charge in [0.1, 0.15) is 0 Å². The average molecular weight is 483 g/mol. The number of carbonyl (C=O) groups excluding carboxylic acids is 1. The van der Waals surface area contributed by atoms with Gasteiger partial charge in [0.2, 0.25) is 0 Å². The molecule has 2 aromatic heterocycles. The number of hydrogen-bond donors (Lipinski definition) is 3. The molecule has 2 aromatic carbocycles. The van der Waals surface area contributed by atoms with Crippen molar-refractivity contribution in [3.05, 3.63) is 101 Å². The van der Waals surface area contributed by atoms with Crippen molar-refractivity contribution in [2.45, 2.75) is 45.2 Å². The molecule has 1 amide bonds. The standard InChI is InChI=1S/C30H34N4O2/c1-3-25-17-22(18-31-25)19-34(15-14-24-20-33(2)28-7-5-4-6-26(24)28)29-12-10-23-16-21(8-11-27(23)29)9-13-30(35)32-36/h4-9,11,13,16-18,20,29,31,36H,3,10,12,14-15,19H2,1-2H3,(H,32,35)/b13-9+. The van der Waals surface area contributed by atoms with Crippen LogP contribution in [0.4, 0.5) is 0 Å². The van der Waals surface area contributed by atoms with Crippen molar-refractivity contribution in [2.75, 3.05) is 6.54 Å². The molecule has 0 spiro atoms. The molecule has 6 nitrogen and oxygen atoms in total. The predicted molar refractivity (Wildman–Crippen MR) is 144 cm³/mol. The monoisotopic (exact) mass is 482 g/mol. The first-order chi connectivity index (χ1) is 17.6. The summed E-state index contributed by atoms with van der Waals surface area (Å²) in [5.74, 6) is -0.522. The second-order valence-corrected chi connectivity index (χ2v) is 9.71. The fraction of sp³-hybridized carbons (Fsp3) is 0.300. The highest BCUT2D eigenvalue weighted by Crippen LogP contribution is 2.37. The molecule has 6 heteroatoms. The summed E-state index contributed by atoms with van der Waals surface area (Å²) < 4.78 is 2.23. The van der Waals surface area contributed by atoms with Crippen molar-refractivity contribution in [3.63, 3.8) is 0 Å². The first-order valence-corrected chi connectivity index (χ1v) is 12.7. The Bertz CT molecular complexity index is 1400. The van der Waals surface area contributed by atoms with Crippen LogP contribution in [0.25, 0.3) is 17.0 Å².